The lowest BCUT2D eigenvalue weighted by Gasteiger charge is -2.15. The first-order valence-electron chi connectivity index (χ1n) is 8.36. The standard InChI is InChI=1S/C17H21N5O4/c1-11(16-20-14(21-26-16)6-9-25-2)19-15(23)12-4-3-5-13(10-12)22-8-7-18-17(22)24/h3-5,10-11H,6-9H2,1-2H3,(H,18,24)(H,19,23)/t11-/m0/s1. The minimum atomic E-state index is -0.440. The molecule has 2 heterocycles. The minimum absolute atomic E-state index is 0.162. The van der Waals surface area contributed by atoms with Crippen LogP contribution in [0.4, 0.5) is 10.5 Å². The quantitative estimate of drug-likeness (QED) is 0.771. The van der Waals surface area contributed by atoms with Gasteiger partial charge in [-0.15, -0.1) is 0 Å². The molecule has 1 aromatic heterocycles. The summed E-state index contributed by atoms with van der Waals surface area (Å²) in [6, 6.07) is 6.32. The second-order valence-corrected chi connectivity index (χ2v) is 5.92. The Balaban J connectivity index is 1.65. The number of methoxy groups -OCH3 is 1. The van der Waals surface area contributed by atoms with E-state index in [0.29, 0.717) is 49.1 Å². The molecule has 1 aromatic carbocycles. The summed E-state index contributed by atoms with van der Waals surface area (Å²) in [4.78, 5) is 30.1. The van der Waals surface area contributed by atoms with Crippen molar-refractivity contribution in [2.45, 2.75) is 19.4 Å². The van der Waals surface area contributed by atoms with Gasteiger partial charge in [-0.3, -0.25) is 9.69 Å². The normalized spacial score (nSPS) is 15.0. The van der Waals surface area contributed by atoms with Gasteiger partial charge in [0.1, 0.15) is 6.04 Å². The number of ether oxygens (including phenoxy) is 1. The molecule has 0 bridgehead atoms. The van der Waals surface area contributed by atoms with Crippen LogP contribution in [0, 0.1) is 0 Å². The van der Waals surface area contributed by atoms with Crippen LogP contribution in [0.1, 0.15) is 35.0 Å². The van der Waals surface area contributed by atoms with E-state index in [2.05, 4.69) is 20.8 Å². The molecular weight excluding hydrogens is 338 g/mol. The Morgan fingerprint density at radius 3 is 3.08 bits per heavy atom. The number of anilines is 1. The van der Waals surface area contributed by atoms with Gasteiger partial charge in [0.25, 0.3) is 5.91 Å². The van der Waals surface area contributed by atoms with E-state index in [0.717, 1.165) is 0 Å². The zero-order valence-electron chi connectivity index (χ0n) is 14.7. The maximum absolute atomic E-state index is 12.5. The van der Waals surface area contributed by atoms with E-state index in [1.807, 2.05) is 0 Å². The van der Waals surface area contributed by atoms with Crippen LogP contribution in [0.5, 0.6) is 0 Å². The lowest BCUT2D eigenvalue weighted by Crippen LogP contribution is -2.29. The highest BCUT2D eigenvalue weighted by molar-refractivity contribution is 5.98. The van der Waals surface area contributed by atoms with Crippen molar-refractivity contribution in [2.75, 3.05) is 31.7 Å². The third-order valence-electron chi connectivity index (χ3n) is 4.01. The molecule has 1 fully saturated rings. The van der Waals surface area contributed by atoms with Crippen molar-refractivity contribution in [3.8, 4) is 0 Å². The van der Waals surface area contributed by atoms with Crippen LogP contribution in [-0.2, 0) is 11.2 Å². The summed E-state index contributed by atoms with van der Waals surface area (Å²) in [7, 11) is 1.60. The van der Waals surface area contributed by atoms with Crippen LogP contribution < -0.4 is 15.5 Å². The molecule has 0 saturated carbocycles. The van der Waals surface area contributed by atoms with Crippen LogP contribution in [0.15, 0.2) is 28.8 Å². The molecule has 0 spiro atoms. The predicted octanol–water partition coefficient (Wildman–Crippen LogP) is 1.28. The third-order valence-corrected chi connectivity index (χ3v) is 4.01. The zero-order chi connectivity index (χ0) is 18.5. The van der Waals surface area contributed by atoms with Crippen LogP contribution >= 0.6 is 0 Å². The van der Waals surface area contributed by atoms with Gasteiger partial charge in [-0.25, -0.2) is 4.79 Å². The molecule has 1 atom stereocenters. The molecule has 2 N–H and O–H groups in total. The van der Waals surface area contributed by atoms with Crippen molar-refractivity contribution < 1.29 is 18.8 Å². The van der Waals surface area contributed by atoms with Gasteiger partial charge in [-0.05, 0) is 25.1 Å². The summed E-state index contributed by atoms with van der Waals surface area (Å²) in [5.41, 5.74) is 1.13. The number of carbonyl (C=O) groups excluding carboxylic acids is 2. The summed E-state index contributed by atoms with van der Waals surface area (Å²) in [6.45, 7) is 3.43. The molecule has 9 nitrogen and oxygen atoms in total. The number of hydrogen-bond acceptors (Lipinski definition) is 6. The Morgan fingerprint density at radius 1 is 1.50 bits per heavy atom. The first-order chi connectivity index (χ1) is 12.6. The first kappa shape index (κ1) is 17.9. The molecule has 2 aromatic rings. The van der Waals surface area contributed by atoms with E-state index >= 15 is 0 Å². The van der Waals surface area contributed by atoms with Crippen LogP contribution in [0.3, 0.4) is 0 Å². The number of rotatable bonds is 7. The molecular formula is C17H21N5O4. The summed E-state index contributed by atoms with van der Waals surface area (Å²) in [5.74, 6) is 0.583. The molecule has 9 heteroatoms. The number of benzene rings is 1. The predicted molar refractivity (Wildman–Crippen MR) is 92.9 cm³/mol. The van der Waals surface area contributed by atoms with Crippen molar-refractivity contribution in [2.24, 2.45) is 0 Å². The molecule has 1 aliphatic rings. The second-order valence-electron chi connectivity index (χ2n) is 5.92. The number of nitrogens with one attached hydrogen (secondary N) is 2. The Hall–Kier alpha value is -2.94. The summed E-state index contributed by atoms with van der Waals surface area (Å²) < 4.78 is 10.2. The van der Waals surface area contributed by atoms with Crippen molar-refractivity contribution >= 4 is 17.6 Å². The number of aromatic nitrogens is 2. The maximum Gasteiger partial charge on any atom is 0.321 e. The van der Waals surface area contributed by atoms with Crippen LogP contribution in [-0.4, -0.2) is 48.9 Å². The first-order valence-corrected chi connectivity index (χ1v) is 8.36. The number of urea groups is 1. The molecule has 0 unspecified atom stereocenters. The van der Waals surface area contributed by atoms with E-state index in [1.165, 1.54) is 0 Å². The fraction of sp³-hybridized carbons (Fsp3) is 0.412. The Kier molecular flexibility index (Phi) is 5.47. The molecule has 3 rings (SSSR count). The van der Waals surface area contributed by atoms with E-state index < -0.39 is 6.04 Å². The van der Waals surface area contributed by atoms with Gasteiger partial charge in [0.2, 0.25) is 5.89 Å². The number of carbonyl (C=O) groups is 2. The summed E-state index contributed by atoms with van der Waals surface area (Å²) in [6.07, 6.45) is 0.542. The second kappa shape index (κ2) is 7.96. The van der Waals surface area contributed by atoms with E-state index in [4.69, 9.17) is 9.26 Å². The van der Waals surface area contributed by atoms with Crippen LogP contribution in [0.25, 0.3) is 0 Å². The van der Waals surface area contributed by atoms with Gasteiger partial charge in [0.05, 0.1) is 6.61 Å². The Bertz CT molecular complexity index is 791. The molecule has 1 aliphatic heterocycles. The van der Waals surface area contributed by atoms with Crippen LogP contribution in [0.2, 0.25) is 0 Å². The van der Waals surface area contributed by atoms with Crippen molar-refractivity contribution in [1.82, 2.24) is 20.8 Å². The SMILES string of the molecule is COCCc1noc([C@H](C)NC(=O)c2cccc(N3CCNC3=O)c2)n1. The summed E-state index contributed by atoms with van der Waals surface area (Å²) in [5, 5.41) is 9.42. The Labute approximate surface area is 150 Å². The fourth-order valence-electron chi connectivity index (χ4n) is 2.61. The topological polar surface area (TPSA) is 110 Å². The molecule has 0 radical (unpaired) electrons. The third kappa shape index (κ3) is 3.99. The van der Waals surface area contributed by atoms with Gasteiger partial charge in [0, 0.05) is 37.9 Å². The number of hydrogen-bond donors (Lipinski definition) is 2. The number of nitrogens with zero attached hydrogens (tertiary/aromatic N) is 3. The molecule has 1 saturated heterocycles. The highest BCUT2D eigenvalue weighted by Gasteiger charge is 2.22. The van der Waals surface area contributed by atoms with Gasteiger partial charge in [0.15, 0.2) is 5.82 Å². The van der Waals surface area contributed by atoms with Gasteiger partial charge in [-0.2, -0.15) is 4.98 Å². The van der Waals surface area contributed by atoms with Gasteiger partial charge >= 0.3 is 6.03 Å². The summed E-state index contributed by atoms with van der Waals surface area (Å²) >= 11 is 0. The average molecular weight is 359 g/mol. The van der Waals surface area contributed by atoms with Gasteiger partial charge < -0.3 is 19.9 Å². The zero-order valence-corrected chi connectivity index (χ0v) is 14.7. The van der Waals surface area contributed by atoms with E-state index in [9.17, 15) is 9.59 Å². The highest BCUT2D eigenvalue weighted by atomic mass is 16.5. The Morgan fingerprint density at radius 2 is 2.35 bits per heavy atom. The molecule has 138 valence electrons. The monoisotopic (exact) mass is 359 g/mol. The maximum atomic E-state index is 12.5. The smallest absolute Gasteiger partial charge is 0.321 e. The van der Waals surface area contributed by atoms with Crippen molar-refractivity contribution in [3.05, 3.63) is 41.5 Å². The van der Waals surface area contributed by atoms with Gasteiger partial charge in [-0.1, -0.05) is 11.2 Å². The average Bonchev–Trinajstić information content (AvgIpc) is 3.29. The molecule has 26 heavy (non-hydrogen) atoms. The number of amides is 3. The van der Waals surface area contributed by atoms with E-state index in [1.54, 1.807) is 43.2 Å². The fourth-order valence-corrected chi connectivity index (χ4v) is 2.61. The lowest BCUT2D eigenvalue weighted by atomic mass is 10.1. The van der Waals surface area contributed by atoms with Crippen molar-refractivity contribution in [1.29, 1.82) is 0 Å². The minimum Gasteiger partial charge on any atom is -0.384 e. The lowest BCUT2D eigenvalue weighted by molar-refractivity contribution is 0.0932. The molecule has 0 aliphatic carbocycles. The highest BCUT2D eigenvalue weighted by Crippen LogP contribution is 2.19. The van der Waals surface area contributed by atoms with Crippen molar-refractivity contribution in [3.63, 3.8) is 0 Å². The molecule has 3 amide bonds. The largest absolute Gasteiger partial charge is 0.384 e. The van der Waals surface area contributed by atoms with E-state index in [-0.39, 0.29) is 11.9 Å².